The maximum absolute atomic E-state index is 13.3. The molecule has 0 spiro atoms. The van der Waals surface area contributed by atoms with E-state index in [0.717, 1.165) is 12.8 Å². The highest BCUT2D eigenvalue weighted by Crippen LogP contribution is 2.08. The quantitative estimate of drug-likeness (QED) is 0.618. The van der Waals surface area contributed by atoms with Crippen molar-refractivity contribution in [1.82, 2.24) is 5.43 Å². The molecule has 0 atom stereocenters. The van der Waals surface area contributed by atoms with Gasteiger partial charge in [0.15, 0.2) is 0 Å². The van der Waals surface area contributed by atoms with E-state index in [0.29, 0.717) is 17.7 Å². The fourth-order valence-corrected chi connectivity index (χ4v) is 1.40. The predicted octanol–water partition coefficient (Wildman–Crippen LogP) is 3.52. The van der Waals surface area contributed by atoms with E-state index in [-0.39, 0.29) is 11.7 Å². The molecule has 1 aromatic carbocycles. The first-order valence-corrected chi connectivity index (χ1v) is 6.39. The molecule has 0 radical (unpaired) electrons. The van der Waals surface area contributed by atoms with E-state index in [2.05, 4.69) is 10.5 Å². The average Bonchev–Trinajstić information content (AvgIpc) is 2.42. The van der Waals surface area contributed by atoms with Crippen LogP contribution < -0.4 is 5.43 Å². The molecule has 4 heteroatoms. The minimum absolute atomic E-state index is 0.0968. The third-order valence-electron chi connectivity index (χ3n) is 2.52. The Bertz CT molecular complexity index is 481. The smallest absolute Gasteiger partial charge is 0.240 e. The molecule has 102 valence electrons. The highest BCUT2D eigenvalue weighted by atomic mass is 19.1. The fraction of sp³-hybridized carbons (Fsp3) is 0.333. The zero-order valence-electron chi connectivity index (χ0n) is 11.3. The lowest BCUT2D eigenvalue weighted by atomic mass is 10.2. The van der Waals surface area contributed by atoms with E-state index in [1.54, 1.807) is 37.3 Å². The number of carbonyl (C=O) groups is 1. The standard InChI is InChI=1S/C15H19FN2O/c1-3-4-9-15(19)18-17-12(2)10-11-13-7-5-6-8-14(13)16/h5-8,10-11H,3-4,9H2,1-2H3,(H,18,19)/b11-10+,17-12+. The molecule has 0 heterocycles. The number of allylic oxidation sites excluding steroid dienone is 1. The Morgan fingerprint density at radius 1 is 1.42 bits per heavy atom. The molecule has 19 heavy (non-hydrogen) atoms. The van der Waals surface area contributed by atoms with Gasteiger partial charge in [-0.3, -0.25) is 4.79 Å². The molecule has 0 aliphatic heterocycles. The molecule has 0 unspecified atom stereocenters. The summed E-state index contributed by atoms with van der Waals surface area (Å²) in [5, 5.41) is 3.93. The molecule has 0 bridgehead atoms. The number of unbranched alkanes of at least 4 members (excludes halogenated alkanes) is 1. The Morgan fingerprint density at radius 3 is 2.84 bits per heavy atom. The van der Waals surface area contributed by atoms with Crippen molar-refractivity contribution in [2.45, 2.75) is 33.1 Å². The van der Waals surface area contributed by atoms with Gasteiger partial charge < -0.3 is 0 Å². The molecule has 0 aromatic heterocycles. The van der Waals surface area contributed by atoms with Gasteiger partial charge in [0.05, 0.1) is 5.71 Å². The lowest BCUT2D eigenvalue weighted by Gasteiger charge is -1.99. The molecule has 1 amide bonds. The van der Waals surface area contributed by atoms with Crippen LogP contribution in [-0.4, -0.2) is 11.6 Å². The molecule has 0 aliphatic rings. The minimum atomic E-state index is -0.279. The number of nitrogens with zero attached hydrogens (tertiary/aromatic N) is 1. The van der Waals surface area contributed by atoms with Crippen LogP contribution in [0.2, 0.25) is 0 Å². The largest absolute Gasteiger partial charge is 0.273 e. The van der Waals surface area contributed by atoms with Crippen LogP contribution in [0.25, 0.3) is 6.08 Å². The number of hydrazone groups is 1. The van der Waals surface area contributed by atoms with Crippen LogP contribution >= 0.6 is 0 Å². The number of hydrogen-bond acceptors (Lipinski definition) is 2. The summed E-state index contributed by atoms with van der Waals surface area (Å²) in [7, 11) is 0. The first-order chi connectivity index (χ1) is 9.13. The number of halogens is 1. The van der Waals surface area contributed by atoms with Crippen LogP contribution in [0.4, 0.5) is 4.39 Å². The molecule has 0 saturated carbocycles. The number of amides is 1. The van der Waals surface area contributed by atoms with Gasteiger partial charge in [0, 0.05) is 12.0 Å². The predicted molar refractivity (Wildman–Crippen MR) is 76.2 cm³/mol. The van der Waals surface area contributed by atoms with Gasteiger partial charge in [0.2, 0.25) is 5.91 Å². The van der Waals surface area contributed by atoms with E-state index in [1.807, 2.05) is 6.92 Å². The second-order valence-electron chi connectivity index (χ2n) is 4.25. The third kappa shape index (κ3) is 5.95. The van der Waals surface area contributed by atoms with Gasteiger partial charge in [0.1, 0.15) is 5.82 Å². The summed E-state index contributed by atoms with van der Waals surface area (Å²) in [5.41, 5.74) is 3.59. The first-order valence-electron chi connectivity index (χ1n) is 6.39. The van der Waals surface area contributed by atoms with Crippen LogP contribution in [-0.2, 0) is 4.79 Å². The summed E-state index contributed by atoms with van der Waals surface area (Å²) in [4.78, 5) is 11.3. The summed E-state index contributed by atoms with van der Waals surface area (Å²) in [5.74, 6) is -0.376. The van der Waals surface area contributed by atoms with Crippen LogP contribution in [0.1, 0.15) is 38.7 Å². The van der Waals surface area contributed by atoms with Crippen LogP contribution in [0.15, 0.2) is 35.4 Å². The molecule has 0 fully saturated rings. The highest BCUT2D eigenvalue weighted by molar-refractivity contribution is 5.96. The van der Waals surface area contributed by atoms with Crippen molar-refractivity contribution in [2.24, 2.45) is 5.10 Å². The second kappa shape index (κ2) is 8.19. The van der Waals surface area contributed by atoms with E-state index < -0.39 is 0 Å². The van der Waals surface area contributed by atoms with Gasteiger partial charge in [-0.25, -0.2) is 9.82 Å². The van der Waals surface area contributed by atoms with Crippen LogP contribution in [0, 0.1) is 5.82 Å². The third-order valence-corrected chi connectivity index (χ3v) is 2.52. The average molecular weight is 262 g/mol. The minimum Gasteiger partial charge on any atom is -0.273 e. The number of carbonyl (C=O) groups excluding carboxylic acids is 1. The Hall–Kier alpha value is -1.97. The second-order valence-corrected chi connectivity index (χ2v) is 4.25. The molecular weight excluding hydrogens is 243 g/mol. The van der Waals surface area contributed by atoms with Gasteiger partial charge in [-0.2, -0.15) is 5.10 Å². The van der Waals surface area contributed by atoms with Crippen molar-refractivity contribution in [3.05, 3.63) is 41.7 Å². The number of nitrogens with one attached hydrogen (secondary N) is 1. The summed E-state index contributed by atoms with van der Waals surface area (Å²) in [6, 6.07) is 6.49. The van der Waals surface area contributed by atoms with Gasteiger partial charge in [-0.15, -0.1) is 0 Å². The van der Waals surface area contributed by atoms with Crippen molar-refractivity contribution in [3.63, 3.8) is 0 Å². The van der Waals surface area contributed by atoms with E-state index in [4.69, 9.17) is 0 Å². The Balaban J connectivity index is 2.52. The van der Waals surface area contributed by atoms with E-state index >= 15 is 0 Å². The summed E-state index contributed by atoms with van der Waals surface area (Å²) < 4.78 is 13.3. The normalized spacial score (nSPS) is 11.8. The molecule has 1 aromatic rings. The summed E-state index contributed by atoms with van der Waals surface area (Å²) in [6.07, 6.45) is 5.60. The van der Waals surface area contributed by atoms with Gasteiger partial charge in [0.25, 0.3) is 0 Å². The summed E-state index contributed by atoms with van der Waals surface area (Å²) >= 11 is 0. The molecular formula is C15H19FN2O. The Kier molecular flexibility index (Phi) is 6.50. The Labute approximate surface area is 113 Å². The Morgan fingerprint density at radius 2 is 2.16 bits per heavy atom. The van der Waals surface area contributed by atoms with Crippen molar-refractivity contribution < 1.29 is 9.18 Å². The number of hydrogen-bond donors (Lipinski definition) is 1. The number of benzene rings is 1. The van der Waals surface area contributed by atoms with Gasteiger partial charge >= 0.3 is 0 Å². The van der Waals surface area contributed by atoms with Crippen molar-refractivity contribution in [2.75, 3.05) is 0 Å². The molecule has 1 N–H and O–H groups in total. The zero-order chi connectivity index (χ0) is 14.1. The topological polar surface area (TPSA) is 41.5 Å². The lowest BCUT2D eigenvalue weighted by molar-refractivity contribution is -0.121. The van der Waals surface area contributed by atoms with Gasteiger partial charge in [-0.1, -0.05) is 37.6 Å². The van der Waals surface area contributed by atoms with E-state index in [9.17, 15) is 9.18 Å². The molecule has 0 saturated heterocycles. The maximum atomic E-state index is 13.3. The van der Waals surface area contributed by atoms with Gasteiger partial charge in [-0.05, 0) is 25.5 Å². The zero-order valence-corrected chi connectivity index (χ0v) is 11.3. The number of rotatable bonds is 6. The molecule has 1 rings (SSSR count). The molecule has 0 aliphatic carbocycles. The van der Waals surface area contributed by atoms with Crippen molar-refractivity contribution in [1.29, 1.82) is 0 Å². The first kappa shape index (κ1) is 15.1. The van der Waals surface area contributed by atoms with E-state index in [1.165, 1.54) is 6.07 Å². The van der Waals surface area contributed by atoms with Crippen molar-refractivity contribution >= 4 is 17.7 Å². The van der Waals surface area contributed by atoms with Crippen LogP contribution in [0.3, 0.4) is 0 Å². The fourth-order valence-electron chi connectivity index (χ4n) is 1.40. The monoisotopic (exact) mass is 262 g/mol. The SMILES string of the molecule is CCCCC(=O)N/N=C(C)/C=C/c1ccccc1F. The highest BCUT2D eigenvalue weighted by Gasteiger charge is 1.98. The molecule has 3 nitrogen and oxygen atoms in total. The van der Waals surface area contributed by atoms with Crippen LogP contribution in [0.5, 0.6) is 0 Å². The maximum Gasteiger partial charge on any atom is 0.240 e. The summed E-state index contributed by atoms with van der Waals surface area (Å²) in [6.45, 7) is 3.77. The van der Waals surface area contributed by atoms with Crippen molar-refractivity contribution in [3.8, 4) is 0 Å². The lowest BCUT2D eigenvalue weighted by Crippen LogP contribution is -2.17.